The minimum Gasteiger partial charge on any atom is -0.237 e. The standard InChI is InChI=1S/C9H16NO/c10-8-6-4-2-1-3-5-7-9-11/h1-7,9H2. The first kappa shape index (κ1) is 10.4. The maximum absolute atomic E-state index is 10.0. The maximum Gasteiger partial charge on any atom is 0.0822 e. The quantitative estimate of drug-likeness (QED) is 0.520. The number of nitrogens with zero attached hydrogens (tertiary/aromatic N) is 1. The summed E-state index contributed by atoms with van der Waals surface area (Å²) in [6, 6.07) is 2.12. The lowest BCUT2D eigenvalue weighted by molar-refractivity contribution is 0.186. The number of unbranched alkanes of at least 4 members (excludes halogenated alkanes) is 6. The zero-order chi connectivity index (χ0) is 8.36. The molecule has 0 unspecified atom stereocenters. The molecule has 0 aromatic carbocycles. The van der Waals surface area contributed by atoms with E-state index < -0.39 is 0 Å². The van der Waals surface area contributed by atoms with Crippen LogP contribution < -0.4 is 0 Å². The molecule has 0 aromatic rings. The summed E-state index contributed by atoms with van der Waals surface area (Å²) < 4.78 is 0. The molecule has 0 saturated carbocycles. The maximum atomic E-state index is 10.0. The van der Waals surface area contributed by atoms with Gasteiger partial charge in [-0.1, -0.05) is 25.7 Å². The Bertz CT molecular complexity index is 107. The van der Waals surface area contributed by atoms with E-state index in [9.17, 15) is 5.11 Å². The summed E-state index contributed by atoms with van der Waals surface area (Å²) in [4.78, 5) is 0. The molecule has 11 heavy (non-hydrogen) atoms. The van der Waals surface area contributed by atoms with Crippen LogP contribution in [-0.4, -0.2) is 6.61 Å². The molecule has 63 valence electrons. The number of hydrogen-bond acceptors (Lipinski definition) is 1. The van der Waals surface area contributed by atoms with Crippen LogP contribution in [0.25, 0.3) is 0 Å². The van der Waals surface area contributed by atoms with Gasteiger partial charge in [0.25, 0.3) is 0 Å². The van der Waals surface area contributed by atoms with Gasteiger partial charge in [-0.05, 0) is 12.8 Å². The molecule has 0 amide bonds. The summed E-state index contributed by atoms with van der Waals surface area (Å²) in [5.41, 5.74) is 0. The minimum absolute atomic E-state index is 0.0677. The van der Waals surface area contributed by atoms with E-state index in [4.69, 9.17) is 5.26 Å². The van der Waals surface area contributed by atoms with Crippen LogP contribution in [0.3, 0.4) is 0 Å². The lowest BCUT2D eigenvalue weighted by Gasteiger charge is -1.96. The van der Waals surface area contributed by atoms with Crippen molar-refractivity contribution < 1.29 is 5.11 Å². The Labute approximate surface area is 68.8 Å². The second-order valence-corrected chi connectivity index (χ2v) is 2.73. The van der Waals surface area contributed by atoms with Gasteiger partial charge in [0.15, 0.2) is 0 Å². The van der Waals surface area contributed by atoms with Crippen molar-refractivity contribution in [1.29, 1.82) is 5.26 Å². The van der Waals surface area contributed by atoms with E-state index in [2.05, 4.69) is 6.07 Å². The van der Waals surface area contributed by atoms with Gasteiger partial charge in [0.05, 0.1) is 12.7 Å². The van der Waals surface area contributed by atoms with Crippen LogP contribution in [-0.2, 0) is 5.11 Å². The first-order valence-electron chi connectivity index (χ1n) is 4.37. The molecule has 0 heterocycles. The van der Waals surface area contributed by atoms with Crippen LogP contribution in [0.5, 0.6) is 0 Å². The van der Waals surface area contributed by atoms with Gasteiger partial charge in [0.1, 0.15) is 0 Å². The van der Waals surface area contributed by atoms with Crippen molar-refractivity contribution in [2.24, 2.45) is 0 Å². The zero-order valence-corrected chi connectivity index (χ0v) is 7.01. The van der Waals surface area contributed by atoms with Crippen LogP contribution in [0.2, 0.25) is 0 Å². The van der Waals surface area contributed by atoms with Crippen molar-refractivity contribution in [3.63, 3.8) is 0 Å². The van der Waals surface area contributed by atoms with Gasteiger partial charge >= 0.3 is 0 Å². The predicted molar refractivity (Wildman–Crippen MR) is 43.5 cm³/mol. The molecule has 0 aromatic heterocycles. The third-order valence-electron chi connectivity index (χ3n) is 1.68. The van der Waals surface area contributed by atoms with E-state index in [1.54, 1.807) is 0 Å². The van der Waals surface area contributed by atoms with E-state index in [0.717, 1.165) is 32.1 Å². The Kier molecular flexibility index (Phi) is 8.98. The molecule has 1 radical (unpaired) electrons. The smallest absolute Gasteiger partial charge is 0.0822 e. The van der Waals surface area contributed by atoms with E-state index in [0.29, 0.717) is 6.42 Å². The van der Waals surface area contributed by atoms with E-state index >= 15 is 0 Å². The van der Waals surface area contributed by atoms with Crippen molar-refractivity contribution in [3.05, 3.63) is 0 Å². The lowest BCUT2D eigenvalue weighted by atomic mass is 10.1. The molecule has 0 atom stereocenters. The second-order valence-electron chi connectivity index (χ2n) is 2.73. The third kappa shape index (κ3) is 9.45. The van der Waals surface area contributed by atoms with E-state index in [-0.39, 0.29) is 6.61 Å². The van der Waals surface area contributed by atoms with Crippen LogP contribution in [0.4, 0.5) is 0 Å². The molecule has 0 rings (SSSR count). The molecule has 0 aliphatic heterocycles. The number of rotatable bonds is 7. The molecular formula is C9H16NO. The van der Waals surface area contributed by atoms with Crippen LogP contribution >= 0.6 is 0 Å². The van der Waals surface area contributed by atoms with E-state index in [1.807, 2.05) is 0 Å². The first-order valence-corrected chi connectivity index (χ1v) is 4.37. The summed E-state index contributed by atoms with van der Waals surface area (Å²) in [7, 11) is 0. The molecule has 0 bridgehead atoms. The molecule has 0 spiro atoms. The minimum atomic E-state index is 0.0677. The highest BCUT2D eigenvalue weighted by atomic mass is 16.2. The Morgan fingerprint density at radius 2 is 1.45 bits per heavy atom. The van der Waals surface area contributed by atoms with Crippen molar-refractivity contribution in [1.82, 2.24) is 0 Å². The zero-order valence-electron chi connectivity index (χ0n) is 7.01. The van der Waals surface area contributed by atoms with Crippen molar-refractivity contribution in [2.75, 3.05) is 6.61 Å². The lowest BCUT2D eigenvalue weighted by Crippen LogP contribution is -1.82. The number of hydrogen-bond donors (Lipinski definition) is 0. The Morgan fingerprint density at radius 3 is 2.00 bits per heavy atom. The van der Waals surface area contributed by atoms with Crippen LogP contribution in [0, 0.1) is 11.3 Å². The highest BCUT2D eigenvalue weighted by Gasteiger charge is 1.89. The highest BCUT2D eigenvalue weighted by Crippen LogP contribution is 2.05. The van der Waals surface area contributed by atoms with Gasteiger partial charge in [-0.15, -0.1) is 0 Å². The average molecular weight is 154 g/mol. The Hall–Kier alpha value is -0.550. The summed E-state index contributed by atoms with van der Waals surface area (Å²) in [6.07, 6.45) is 7.07. The van der Waals surface area contributed by atoms with Gasteiger partial charge < -0.3 is 0 Å². The summed E-state index contributed by atoms with van der Waals surface area (Å²) in [5, 5.41) is 18.2. The average Bonchev–Trinajstić information content (AvgIpc) is 2.03. The third-order valence-corrected chi connectivity index (χ3v) is 1.68. The Morgan fingerprint density at radius 1 is 0.909 bits per heavy atom. The molecule has 0 saturated heterocycles. The van der Waals surface area contributed by atoms with Gasteiger partial charge in [0, 0.05) is 6.42 Å². The highest BCUT2D eigenvalue weighted by molar-refractivity contribution is 4.67. The molecule has 0 N–H and O–H groups in total. The fourth-order valence-corrected chi connectivity index (χ4v) is 1.01. The van der Waals surface area contributed by atoms with Crippen molar-refractivity contribution in [3.8, 4) is 6.07 Å². The fraction of sp³-hybridized carbons (Fsp3) is 0.889. The van der Waals surface area contributed by atoms with Crippen molar-refractivity contribution in [2.45, 2.75) is 44.9 Å². The van der Waals surface area contributed by atoms with E-state index in [1.165, 1.54) is 6.42 Å². The summed E-state index contributed by atoms with van der Waals surface area (Å²) in [6.45, 7) is 0.0677. The van der Waals surface area contributed by atoms with Crippen LogP contribution in [0.1, 0.15) is 44.9 Å². The van der Waals surface area contributed by atoms with Gasteiger partial charge in [-0.3, -0.25) is 0 Å². The van der Waals surface area contributed by atoms with Crippen molar-refractivity contribution >= 4 is 0 Å². The molecule has 0 fully saturated rings. The normalized spacial score (nSPS) is 9.45. The molecule has 0 aliphatic carbocycles. The topological polar surface area (TPSA) is 43.7 Å². The first-order chi connectivity index (χ1) is 5.41. The monoisotopic (exact) mass is 154 g/mol. The molecule has 2 heteroatoms. The van der Waals surface area contributed by atoms with Crippen LogP contribution in [0.15, 0.2) is 0 Å². The largest absolute Gasteiger partial charge is 0.237 e. The van der Waals surface area contributed by atoms with Gasteiger partial charge in [0.2, 0.25) is 0 Å². The second kappa shape index (κ2) is 9.45. The predicted octanol–water partition coefficient (Wildman–Crippen LogP) is 2.67. The Balaban J connectivity index is 2.75. The number of nitriles is 1. The summed E-state index contributed by atoms with van der Waals surface area (Å²) >= 11 is 0. The summed E-state index contributed by atoms with van der Waals surface area (Å²) in [5.74, 6) is 0. The fourth-order valence-electron chi connectivity index (χ4n) is 1.01. The molecular weight excluding hydrogens is 138 g/mol. The van der Waals surface area contributed by atoms with Gasteiger partial charge in [-0.25, -0.2) is 5.11 Å². The molecule has 0 aliphatic rings. The SMILES string of the molecule is N#CCCCCCCCC[O]. The van der Waals surface area contributed by atoms with Gasteiger partial charge in [-0.2, -0.15) is 5.26 Å². The molecule has 2 nitrogen and oxygen atoms in total.